The van der Waals surface area contributed by atoms with Gasteiger partial charge in [-0.3, -0.25) is 4.57 Å². The number of aromatic nitrogens is 1. The molecule has 4 aromatic rings. The monoisotopic (exact) mass is 282 g/mol. The molecule has 2 nitrogen and oxygen atoms in total. The van der Waals surface area contributed by atoms with Crippen molar-refractivity contribution in [1.82, 2.24) is 4.57 Å². The van der Waals surface area contributed by atoms with Crippen molar-refractivity contribution in [2.75, 3.05) is 5.32 Å². The highest BCUT2D eigenvalue weighted by Crippen LogP contribution is 2.41. The SMILES string of the molecule is c1ccc2c(c1)Nc1cc3ccccc3n1-c1ccccc1-2. The van der Waals surface area contributed by atoms with Gasteiger partial charge in [0, 0.05) is 22.2 Å². The van der Waals surface area contributed by atoms with Crippen molar-refractivity contribution in [3.05, 3.63) is 78.9 Å². The number of rotatable bonds is 0. The lowest BCUT2D eigenvalue weighted by Gasteiger charge is -2.11. The van der Waals surface area contributed by atoms with E-state index in [0.29, 0.717) is 0 Å². The number of hydrogen-bond acceptors (Lipinski definition) is 1. The van der Waals surface area contributed by atoms with Crippen LogP contribution in [0.4, 0.5) is 11.5 Å². The van der Waals surface area contributed by atoms with Gasteiger partial charge in [0.1, 0.15) is 5.82 Å². The lowest BCUT2D eigenvalue weighted by Crippen LogP contribution is -1.97. The standard InChI is InChI=1S/C20H14N2/c1-5-11-18-14(7-1)13-20-21-17-10-4-2-8-15(17)16-9-3-6-12-19(16)22(18)20/h1-13,21H. The highest BCUT2D eigenvalue weighted by molar-refractivity contribution is 5.95. The zero-order valence-electron chi connectivity index (χ0n) is 12.0. The first-order valence-electron chi connectivity index (χ1n) is 7.48. The lowest BCUT2D eigenvalue weighted by atomic mass is 10.0. The van der Waals surface area contributed by atoms with E-state index < -0.39 is 0 Å². The van der Waals surface area contributed by atoms with E-state index in [4.69, 9.17) is 0 Å². The molecule has 22 heavy (non-hydrogen) atoms. The third-order valence-corrected chi connectivity index (χ3v) is 4.34. The number of nitrogens with one attached hydrogen (secondary N) is 1. The number of benzene rings is 3. The highest BCUT2D eigenvalue weighted by Gasteiger charge is 2.19. The third-order valence-electron chi connectivity index (χ3n) is 4.34. The molecule has 0 saturated carbocycles. The largest absolute Gasteiger partial charge is 0.341 e. The maximum Gasteiger partial charge on any atom is 0.116 e. The van der Waals surface area contributed by atoms with Crippen LogP contribution in [-0.2, 0) is 0 Å². The number of hydrogen-bond donors (Lipinski definition) is 1. The quantitative estimate of drug-likeness (QED) is 0.405. The molecule has 0 bridgehead atoms. The van der Waals surface area contributed by atoms with Crippen LogP contribution in [0.5, 0.6) is 0 Å². The van der Waals surface area contributed by atoms with E-state index in [1.54, 1.807) is 0 Å². The topological polar surface area (TPSA) is 17.0 Å². The normalized spacial score (nSPS) is 12.0. The van der Waals surface area contributed by atoms with Crippen LogP contribution >= 0.6 is 0 Å². The fourth-order valence-corrected chi connectivity index (χ4v) is 3.37. The molecule has 3 aromatic carbocycles. The lowest BCUT2D eigenvalue weighted by molar-refractivity contribution is 1.14. The van der Waals surface area contributed by atoms with Gasteiger partial charge in [0.05, 0.1) is 11.2 Å². The summed E-state index contributed by atoms with van der Waals surface area (Å²) in [7, 11) is 0. The molecule has 0 unspecified atom stereocenters. The van der Waals surface area contributed by atoms with Gasteiger partial charge in [-0.1, -0.05) is 54.6 Å². The first-order valence-corrected chi connectivity index (χ1v) is 7.48. The van der Waals surface area contributed by atoms with Crippen LogP contribution in [0.15, 0.2) is 78.9 Å². The van der Waals surface area contributed by atoms with Gasteiger partial charge in [0.15, 0.2) is 0 Å². The molecule has 1 aliphatic rings. The molecule has 5 rings (SSSR count). The zero-order valence-corrected chi connectivity index (χ0v) is 12.0. The van der Waals surface area contributed by atoms with E-state index >= 15 is 0 Å². The zero-order chi connectivity index (χ0) is 14.5. The van der Waals surface area contributed by atoms with Crippen molar-refractivity contribution in [3.8, 4) is 16.8 Å². The molecule has 1 aromatic heterocycles. The Hall–Kier alpha value is -3.00. The Morgan fingerprint density at radius 1 is 0.682 bits per heavy atom. The van der Waals surface area contributed by atoms with Crippen molar-refractivity contribution in [1.29, 1.82) is 0 Å². The second kappa shape index (κ2) is 4.25. The molecule has 2 heterocycles. The van der Waals surface area contributed by atoms with Crippen molar-refractivity contribution >= 4 is 22.4 Å². The van der Waals surface area contributed by atoms with E-state index in [1.165, 1.54) is 27.7 Å². The van der Waals surface area contributed by atoms with Gasteiger partial charge in [-0.2, -0.15) is 0 Å². The van der Waals surface area contributed by atoms with E-state index in [2.05, 4.69) is 88.7 Å². The van der Waals surface area contributed by atoms with Gasteiger partial charge in [-0.15, -0.1) is 0 Å². The van der Waals surface area contributed by atoms with Crippen LogP contribution in [0.2, 0.25) is 0 Å². The number of fused-ring (bicyclic) bond motifs is 7. The molecule has 1 aliphatic heterocycles. The van der Waals surface area contributed by atoms with Gasteiger partial charge < -0.3 is 5.32 Å². The fraction of sp³-hybridized carbons (Fsp3) is 0. The number of para-hydroxylation sites is 3. The maximum atomic E-state index is 3.60. The van der Waals surface area contributed by atoms with Crippen LogP contribution < -0.4 is 5.32 Å². The van der Waals surface area contributed by atoms with Gasteiger partial charge in [-0.25, -0.2) is 0 Å². The van der Waals surface area contributed by atoms with Gasteiger partial charge in [-0.05, 0) is 24.3 Å². The minimum atomic E-state index is 1.11. The summed E-state index contributed by atoms with van der Waals surface area (Å²) in [6.07, 6.45) is 0. The first-order chi connectivity index (χ1) is 10.9. The number of anilines is 2. The van der Waals surface area contributed by atoms with Crippen LogP contribution in [0.1, 0.15) is 0 Å². The Morgan fingerprint density at radius 3 is 2.36 bits per heavy atom. The maximum absolute atomic E-state index is 3.60. The minimum Gasteiger partial charge on any atom is -0.341 e. The molecule has 0 atom stereocenters. The summed E-state index contributed by atoms with van der Waals surface area (Å²) >= 11 is 0. The molecule has 2 heteroatoms. The van der Waals surface area contributed by atoms with E-state index in [9.17, 15) is 0 Å². The summed E-state index contributed by atoms with van der Waals surface area (Å²) in [5, 5.41) is 4.85. The summed E-state index contributed by atoms with van der Waals surface area (Å²) in [6, 6.07) is 27.8. The molecule has 0 radical (unpaired) electrons. The smallest absolute Gasteiger partial charge is 0.116 e. The van der Waals surface area contributed by atoms with Crippen LogP contribution in [0, 0.1) is 0 Å². The summed E-state index contributed by atoms with van der Waals surface area (Å²) in [4.78, 5) is 0. The highest BCUT2D eigenvalue weighted by atomic mass is 15.1. The summed E-state index contributed by atoms with van der Waals surface area (Å²) in [5.74, 6) is 1.11. The molecule has 104 valence electrons. The van der Waals surface area contributed by atoms with Crippen LogP contribution in [0.25, 0.3) is 27.7 Å². The summed E-state index contributed by atoms with van der Waals surface area (Å²) < 4.78 is 2.31. The van der Waals surface area contributed by atoms with E-state index in [1.807, 2.05) is 0 Å². The fourth-order valence-electron chi connectivity index (χ4n) is 3.37. The molecule has 0 saturated heterocycles. The minimum absolute atomic E-state index is 1.11. The predicted molar refractivity (Wildman–Crippen MR) is 92.0 cm³/mol. The van der Waals surface area contributed by atoms with Gasteiger partial charge in [0.2, 0.25) is 0 Å². The Bertz CT molecular complexity index is 1010. The van der Waals surface area contributed by atoms with E-state index in [-0.39, 0.29) is 0 Å². The second-order valence-electron chi connectivity index (χ2n) is 5.61. The van der Waals surface area contributed by atoms with Crippen molar-refractivity contribution < 1.29 is 0 Å². The molecule has 0 amide bonds. The second-order valence-corrected chi connectivity index (χ2v) is 5.61. The number of nitrogens with zero attached hydrogens (tertiary/aromatic N) is 1. The Kier molecular flexibility index (Phi) is 2.25. The molecule has 0 fully saturated rings. The van der Waals surface area contributed by atoms with Crippen molar-refractivity contribution in [2.45, 2.75) is 0 Å². The van der Waals surface area contributed by atoms with E-state index in [0.717, 1.165) is 11.5 Å². The molecular weight excluding hydrogens is 268 g/mol. The van der Waals surface area contributed by atoms with Crippen molar-refractivity contribution in [2.24, 2.45) is 0 Å². The van der Waals surface area contributed by atoms with Gasteiger partial charge in [0.25, 0.3) is 0 Å². The summed E-state index contributed by atoms with van der Waals surface area (Å²) in [6.45, 7) is 0. The van der Waals surface area contributed by atoms with Gasteiger partial charge >= 0.3 is 0 Å². The Labute approximate surface area is 128 Å². The molecule has 0 spiro atoms. The van der Waals surface area contributed by atoms with Crippen LogP contribution in [-0.4, -0.2) is 4.57 Å². The molecule has 1 N–H and O–H groups in total. The molecule has 0 aliphatic carbocycles. The van der Waals surface area contributed by atoms with Crippen LogP contribution in [0.3, 0.4) is 0 Å². The Morgan fingerprint density at radius 2 is 1.41 bits per heavy atom. The van der Waals surface area contributed by atoms with Crippen molar-refractivity contribution in [3.63, 3.8) is 0 Å². The Balaban J connectivity index is 1.96. The third kappa shape index (κ3) is 1.49. The molecular formula is C20H14N2. The average molecular weight is 282 g/mol. The predicted octanol–water partition coefficient (Wildman–Crippen LogP) is 5.35. The average Bonchev–Trinajstić information content (AvgIpc) is 2.86. The summed E-state index contributed by atoms with van der Waals surface area (Å²) in [5.41, 5.74) is 6.09. The first kappa shape index (κ1) is 11.6.